The normalized spacial score (nSPS) is 10.5. The summed E-state index contributed by atoms with van der Waals surface area (Å²) >= 11 is 6.01. The number of amides is 1. The smallest absolute Gasteiger partial charge is 0.277 e. The van der Waals surface area contributed by atoms with Crippen LogP contribution in [0.1, 0.15) is 29.9 Å². The second-order valence-corrected chi connectivity index (χ2v) is 6.82. The van der Waals surface area contributed by atoms with Crippen molar-refractivity contribution < 1.29 is 19.0 Å². The quantitative estimate of drug-likeness (QED) is 0.533. The topological polar surface area (TPSA) is 74.6 Å². The lowest BCUT2D eigenvalue weighted by molar-refractivity contribution is 0.102. The minimum absolute atomic E-state index is 0.181. The van der Waals surface area contributed by atoms with Crippen LogP contribution in [0.5, 0.6) is 17.2 Å². The molecule has 0 unspecified atom stereocenters. The van der Waals surface area contributed by atoms with Gasteiger partial charge in [0.1, 0.15) is 12.4 Å². The molecule has 0 spiro atoms. The molecule has 1 heterocycles. The number of halogens is 1. The molecule has 158 valence electrons. The van der Waals surface area contributed by atoms with Crippen molar-refractivity contribution in [1.82, 2.24) is 9.78 Å². The highest BCUT2D eigenvalue weighted by molar-refractivity contribution is 6.34. The number of aryl methyl sites for hydroxylation is 1. The maximum Gasteiger partial charge on any atom is 0.277 e. The van der Waals surface area contributed by atoms with Crippen LogP contribution in [0, 0.1) is 0 Å². The fourth-order valence-corrected chi connectivity index (χ4v) is 3.06. The maximum absolute atomic E-state index is 12.3. The van der Waals surface area contributed by atoms with Crippen molar-refractivity contribution in [2.45, 2.75) is 20.5 Å². The molecule has 0 aliphatic rings. The molecule has 0 aliphatic carbocycles. The van der Waals surface area contributed by atoms with Crippen LogP contribution in [0.15, 0.2) is 48.7 Å². The molecular weight excluding hydrogens is 406 g/mol. The lowest BCUT2D eigenvalue weighted by Crippen LogP contribution is -2.13. The summed E-state index contributed by atoms with van der Waals surface area (Å²) in [7, 11) is 1.70. The van der Waals surface area contributed by atoms with Gasteiger partial charge in [0.05, 0.1) is 18.2 Å². The van der Waals surface area contributed by atoms with Gasteiger partial charge in [0.25, 0.3) is 5.91 Å². The van der Waals surface area contributed by atoms with Gasteiger partial charge in [-0.05, 0) is 55.8 Å². The van der Waals surface area contributed by atoms with Crippen molar-refractivity contribution >= 4 is 23.2 Å². The van der Waals surface area contributed by atoms with Gasteiger partial charge < -0.3 is 19.5 Å². The summed E-state index contributed by atoms with van der Waals surface area (Å²) < 4.78 is 18.6. The van der Waals surface area contributed by atoms with E-state index < -0.39 is 0 Å². The highest BCUT2D eigenvalue weighted by atomic mass is 35.5. The zero-order valence-electron chi connectivity index (χ0n) is 17.1. The predicted octanol–water partition coefficient (Wildman–Crippen LogP) is 4.70. The number of nitrogens with zero attached hydrogens (tertiary/aromatic N) is 2. The molecule has 0 radical (unpaired) electrons. The Morgan fingerprint density at radius 3 is 2.37 bits per heavy atom. The molecule has 30 heavy (non-hydrogen) atoms. The number of rotatable bonds is 9. The van der Waals surface area contributed by atoms with Crippen molar-refractivity contribution in [2.24, 2.45) is 7.05 Å². The minimum atomic E-state index is -0.368. The Kier molecular flexibility index (Phi) is 7.19. The zero-order valence-corrected chi connectivity index (χ0v) is 17.9. The third-order valence-corrected chi connectivity index (χ3v) is 4.40. The fourth-order valence-electron chi connectivity index (χ4n) is 2.79. The molecule has 0 atom stereocenters. The highest BCUT2D eigenvalue weighted by Crippen LogP contribution is 2.29. The standard InChI is InChI=1S/C22H24ClN3O4/c1-4-28-19-11-6-15(12-20(19)29-5-2)14-30-17-9-7-16(8-10-17)24-22(27)21-18(23)13-26(3)25-21/h6-13H,4-5,14H2,1-3H3,(H,24,27). The zero-order chi connectivity index (χ0) is 21.5. The van der Waals surface area contributed by atoms with Crippen molar-refractivity contribution in [3.8, 4) is 17.2 Å². The van der Waals surface area contributed by atoms with Crippen molar-refractivity contribution in [2.75, 3.05) is 18.5 Å². The summed E-state index contributed by atoms with van der Waals surface area (Å²) in [6, 6.07) is 12.8. The van der Waals surface area contributed by atoms with Crippen molar-refractivity contribution in [3.63, 3.8) is 0 Å². The first-order valence-electron chi connectivity index (χ1n) is 9.62. The Balaban J connectivity index is 1.60. The second-order valence-electron chi connectivity index (χ2n) is 6.41. The van der Waals surface area contributed by atoms with Crippen LogP contribution < -0.4 is 19.5 Å². The van der Waals surface area contributed by atoms with E-state index in [1.54, 1.807) is 37.5 Å². The monoisotopic (exact) mass is 429 g/mol. The number of carbonyl (C=O) groups is 1. The third-order valence-electron chi connectivity index (χ3n) is 4.12. The molecule has 3 aromatic rings. The van der Waals surface area contributed by atoms with Crippen LogP contribution in [-0.4, -0.2) is 28.9 Å². The number of hydrogen-bond donors (Lipinski definition) is 1. The summed E-state index contributed by atoms with van der Waals surface area (Å²) in [4.78, 5) is 12.3. The molecule has 0 saturated carbocycles. The first-order chi connectivity index (χ1) is 14.5. The van der Waals surface area contributed by atoms with E-state index in [2.05, 4.69) is 10.4 Å². The number of anilines is 1. The molecule has 0 fully saturated rings. The van der Waals surface area contributed by atoms with Gasteiger partial charge in [-0.2, -0.15) is 5.10 Å². The summed E-state index contributed by atoms with van der Waals surface area (Å²) in [5.74, 6) is 1.73. The summed E-state index contributed by atoms with van der Waals surface area (Å²) in [6.07, 6.45) is 1.57. The van der Waals surface area contributed by atoms with Crippen LogP contribution in [0.25, 0.3) is 0 Å². The van der Waals surface area contributed by atoms with Gasteiger partial charge in [-0.3, -0.25) is 9.48 Å². The van der Waals surface area contributed by atoms with Gasteiger partial charge in [-0.1, -0.05) is 17.7 Å². The maximum atomic E-state index is 12.3. The summed E-state index contributed by atoms with van der Waals surface area (Å²) in [5, 5.41) is 7.12. The van der Waals surface area contributed by atoms with E-state index in [9.17, 15) is 4.79 Å². The average Bonchev–Trinajstić information content (AvgIpc) is 3.07. The first kappa shape index (κ1) is 21.5. The minimum Gasteiger partial charge on any atom is -0.490 e. The van der Waals surface area contributed by atoms with E-state index in [1.807, 2.05) is 32.0 Å². The number of aromatic nitrogens is 2. The van der Waals surface area contributed by atoms with Crippen LogP contribution in [0.4, 0.5) is 5.69 Å². The molecule has 0 bridgehead atoms. The Morgan fingerprint density at radius 2 is 1.73 bits per heavy atom. The molecule has 2 aromatic carbocycles. The summed E-state index contributed by atoms with van der Waals surface area (Å²) in [5.41, 5.74) is 1.76. The first-order valence-corrected chi connectivity index (χ1v) is 9.99. The SMILES string of the molecule is CCOc1ccc(COc2ccc(NC(=O)c3nn(C)cc3Cl)cc2)cc1OCC. The van der Waals surface area contributed by atoms with E-state index >= 15 is 0 Å². The van der Waals surface area contributed by atoms with E-state index in [0.717, 1.165) is 11.3 Å². The highest BCUT2D eigenvalue weighted by Gasteiger charge is 2.15. The Morgan fingerprint density at radius 1 is 1.03 bits per heavy atom. The van der Waals surface area contributed by atoms with E-state index in [-0.39, 0.29) is 11.6 Å². The van der Waals surface area contributed by atoms with Crippen LogP contribution in [0.3, 0.4) is 0 Å². The number of hydrogen-bond acceptors (Lipinski definition) is 5. The number of nitrogens with one attached hydrogen (secondary N) is 1. The van der Waals surface area contributed by atoms with Crippen LogP contribution in [0.2, 0.25) is 5.02 Å². The third kappa shape index (κ3) is 5.45. The fraction of sp³-hybridized carbons (Fsp3) is 0.273. The Bertz CT molecular complexity index is 1000. The van der Waals surface area contributed by atoms with Gasteiger partial charge in [-0.25, -0.2) is 0 Å². The second kappa shape index (κ2) is 10.0. The van der Waals surface area contributed by atoms with Crippen molar-refractivity contribution in [3.05, 3.63) is 64.9 Å². The Hall–Kier alpha value is -3.19. The van der Waals surface area contributed by atoms with Gasteiger partial charge in [0.15, 0.2) is 17.2 Å². The van der Waals surface area contributed by atoms with E-state index in [0.29, 0.717) is 42.0 Å². The lowest BCUT2D eigenvalue weighted by Gasteiger charge is -2.13. The van der Waals surface area contributed by atoms with Crippen LogP contribution in [-0.2, 0) is 13.7 Å². The Labute approximate surface area is 180 Å². The largest absolute Gasteiger partial charge is 0.490 e. The van der Waals surface area contributed by atoms with Gasteiger partial charge in [0.2, 0.25) is 0 Å². The van der Waals surface area contributed by atoms with E-state index in [4.69, 9.17) is 25.8 Å². The molecule has 0 aliphatic heterocycles. The predicted molar refractivity (Wildman–Crippen MR) is 116 cm³/mol. The molecule has 8 heteroatoms. The molecule has 3 rings (SSSR count). The molecular formula is C22H24ClN3O4. The molecule has 1 N–H and O–H groups in total. The summed E-state index contributed by atoms with van der Waals surface area (Å²) in [6.45, 7) is 5.37. The molecule has 0 saturated heterocycles. The van der Waals surface area contributed by atoms with Gasteiger partial charge >= 0.3 is 0 Å². The molecule has 1 aromatic heterocycles. The van der Waals surface area contributed by atoms with Gasteiger partial charge in [-0.15, -0.1) is 0 Å². The average molecular weight is 430 g/mol. The number of benzene rings is 2. The molecule has 1 amide bonds. The number of carbonyl (C=O) groups excluding carboxylic acids is 1. The molecule has 7 nitrogen and oxygen atoms in total. The van der Waals surface area contributed by atoms with Crippen LogP contribution >= 0.6 is 11.6 Å². The van der Waals surface area contributed by atoms with Crippen molar-refractivity contribution in [1.29, 1.82) is 0 Å². The van der Waals surface area contributed by atoms with E-state index in [1.165, 1.54) is 4.68 Å². The number of ether oxygens (including phenoxy) is 3. The lowest BCUT2D eigenvalue weighted by atomic mass is 10.2. The van der Waals surface area contributed by atoms with Gasteiger partial charge in [0, 0.05) is 18.9 Å².